The SMILES string of the molecule is NSOCC1CCC(n2cnc3c(NCc4cccs4)ncnc32)O1. The Hall–Kier alpha value is -1.72. The molecule has 0 saturated carbocycles. The van der Waals surface area contributed by atoms with Crippen LogP contribution in [0.3, 0.4) is 0 Å². The van der Waals surface area contributed by atoms with Gasteiger partial charge in [-0.2, -0.15) is 0 Å². The van der Waals surface area contributed by atoms with Crippen molar-refractivity contribution in [1.82, 2.24) is 19.5 Å². The molecule has 1 saturated heterocycles. The number of aromatic nitrogens is 4. The standard InChI is InChI=1S/C15H18N6O2S2/c16-25-22-7-10-3-4-12(23-10)21-9-20-13-14(18-8-19-15(13)21)17-6-11-2-1-5-24-11/h1-2,5,8-10,12H,3-4,6-7,16H2,(H,17,18,19). The summed E-state index contributed by atoms with van der Waals surface area (Å²) >= 11 is 2.57. The average Bonchev–Trinajstić information content (AvgIpc) is 3.37. The van der Waals surface area contributed by atoms with Crippen LogP contribution in [0.15, 0.2) is 30.2 Å². The minimum absolute atomic E-state index is 0.0387. The zero-order valence-electron chi connectivity index (χ0n) is 13.4. The summed E-state index contributed by atoms with van der Waals surface area (Å²) in [7, 11) is 0. The minimum atomic E-state index is -0.0959. The predicted molar refractivity (Wildman–Crippen MR) is 97.8 cm³/mol. The first kappa shape index (κ1) is 16.7. The van der Waals surface area contributed by atoms with E-state index in [-0.39, 0.29) is 12.3 Å². The van der Waals surface area contributed by atoms with Crippen LogP contribution in [-0.2, 0) is 15.5 Å². The largest absolute Gasteiger partial charge is 0.363 e. The Morgan fingerprint density at radius 2 is 2.36 bits per heavy atom. The predicted octanol–water partition coefficient (Wildman–Crippen LogP) is 2.72. The van der Waals surface area contributed by atoms with Crippen LogP contribution in [0.1, 0.15) is 23.9 Å². The lowest BCUT2D eigenvalue weighted by molar-refractivity contribution is -0.0128. The maximum Gasteiger partial charge on any atom is 0.167 e. The molecule has 3 N–H and O–H groups in total. The van der Waals surface area contributed by atoms with Gasteiger partial charge in [0.2, 0.25) is 0 Å². The zero-order chi connectivity index (χ0) is 17.1. The maximum absolute atomic E-state index is 6.02. The van der Waals surface area contributed by atoms with Gasteiger partial charge in [0.15, 0.2) is 17.0 Å². The van der Waals surface area contributed by atoms with E-state index in [1.165, 1.54) is 4.88 Å². The molecule has 2 atom stereocenters. The number of anilines is 1. The first-order valence-corrected chi connectivity index (χ1v) is 9.61. The second kappa shape index (κ2) is 7.67. The molecule has 0 aliphatic carbocycles. The maximum atomic E-state index is 6.02. The molecule has 4 rings (SSSR count). The van der Waals surface area contributed by atoms with Crippen molar-refractivity contribution in [3.8, 4) is 0 Å². The van der Waals surface area contributed by atoms with Crippen LogP contribution in [0, 0.1) is 0 Å². The molecule has 0 bridgehead atoms. The monoisotopic (exact) mass is 378 g/mol. The number of ether oxygens (including phenoxy) is 1. The van der Waals surface area contributed by atoms with Gasteiger partial charge in [0.1, 0.15) is 12.6 Å². The second-order valence-corrected chi connectivity index (χ2v) is 7.11. The molecule has 0 radical (unpaired) electrons. The van der Waals surface area contributed by atoms with Crippen molar-refractivity contribution >= 4 is 40.5 Å². The van der Waals surface area contributed by atoms with E-state index in [9.17, 15) is 0 Å². The normalized spacial score (nSPS) is 20.4. The van der Waals surface area contributed by atoms with Crippen LogP contribution in [0.5, 0.6) is 0 Å². The number of fused-ring (bicyclic) bond motifs is 1. The van der Waals surface area contributed by atoms with Gasteiger partial charge in [-0.05, 0) is 24.3 Å². The van der Waals surface area contributed by atoms with Crippen molar-refractivity contribution in [2.24, 2.45) is 5.14 Å². The van der Waals surface area contributed by atoms with Gasteiger partial charge < -0.3 is 10.1 Å². The van der Waals surface area contributed by atoms with Gasteiger partial charge in [0.25, 0.3) is 0 Å². The molecule has 1 fully saturated rings. The number of rotatable bonds is 7. The van der Waals surface area contributed by atoms with Crippen LogP contribution in [0.25, 0.3) is 11.2 Å². The van der Waals surface area contributed by atoms with Crippen LogP contribution in [0.2, 0.25) is 0 Å². The molecule has 10 heteroatoms. The Bertz CT molecular complexity index is 825. The summed E-state index contributed by atoms with van der Waals surface area (Å²) in [5.41, 5.74) is 1.52. The molecule has 0 amide bonds. The third-order valence-corrected chi connectivity index (χ3v) is 5.23. The van der Waals surface area contributed by atoms with E-state index in [1.54, 1.807) is 24.0 Å². The van der Waals surface area contributed by atoms with Gasteiger partial charge in [0, 0.05) is 4.88 Å². The molecule has 25 heavy (non-hydrogen) atoms. The van der Waals surface area contributed by atoms with Crippen LogP contribution < -0.4 is 10.5 Å². The third-order valence-electron chi connectivity index (χ3n) is 4.09. The lowest BCUT2D eigenvalue weighted by atomic mass is 10.2. The smallest absolute Gasteiger partial charge is 0.167 e. The highest BCUT2D eigenvalue weighted by atomic mass is 32.2. The summed E-state index contributed by atoms with van der Waals surface area (Å²) in [5.74, 6) is 0.731. The van der Waals surface area contributed by atoms with E-state index in [1.807, 2.05) is 10.6 Å². The van der Waals surface area contributed by atoms with E-state index in [0.29, 0.717) is 13.2 Å². The highest BCUT2D eigenvalue weighted by Crippen LogP contribution is 2.31. The summed E-state index contributed by atoms with van der Waals surface area (Å²) in [6.45, 7) is 1.19. The van der Waals surface area contributed by atoms with Crippen LogP contribution >= 0.6 is 23.6 Å². The Morgan fingerprint density at radius 1 is 1.40 bits per heavy atom. The summed E-state index contributed by atoms with van der Waals surface area (Å²) in [6.07, 6.45) is 5.06. The topological polar surface area (TPSA) is 100 Å². The second-order valence-electron chi connectivity index (χ2n) is 5.65. The minimum Gasteiger partial charge on any atom is -0.363 e. The molecule has 1 aliphatic heterocycles. The number of nitrogens with one attached hydrogen (secondary N) is 1. The molecule has 4 heterocycles. The molecule has 3 aromatic heterocycles. The first-order valence-electron chi connectivity index (χ1n) is 7.92. The molecule has 0 aromatic carbocycles. The third kappa shape index (κ3) is 3.62. The highest BCUT2D eigenvalue weighted by Gasteiger charge is 2.28. The Balaban J connectivity index is 1.51. The number of imidazole rings is 1. The van der Waals surface area contributed by atoms with Gasteiger partial charge in [-0.25, -0.2) is 15.0 Å². The fourth-order valence-corrected chi connectivity index (χ4v) is 3.78. The van der Waals surface area contributed by atoms with Crippen LogP contribution in [0.4, 0.5) is 5.82 Å². The number of thiophene rings is 1. The lowest BCUT2D eigenvalue weighted by Gasteiger charge is -2.14. The molecular formula is C15H18N6O2S2. The Morgan fingerprint density at radius 3 is 3.20 bits per heavy atom. The van der Waals surface area contributed by atoms with Gasteiger partial charge in [0.05, 0.1) is 37.8 Å². The number of nitrogens with zero attached hydrogens (tertiary/aromatic N) is 4. The quantitative estimate of drug-likeness (QED) is 0.478. The Kier molecular flexibility index (Phi) is 5.13. The molecule has 3 aromatic rings. The number of hydrogen-bond acceptors (Lipinski definition) is 9. The van der Waals surface area contributed by atoms with Gasteiger partial charge in [-0.3, -0.25) is 13.9 Å². The van der Waals surface area contributed by atoms with Crippen molar-refractivity contribution < 1.29 is 8.92 Å². The van der Waals surface area contributed by atoms with E-state index in [2.05, 4.69) is 31.7 Å². The molecular weight excluding hydrogens is 360 g/mol. The average molecular weight is 378 g/mol. The van der Waals surface area contributed by atoms with Gasteiger partial charge in [-0.1, -0.05) is 6.07 Å². The molecule has 2 unspecified atom stereocenters. The summed E-state index contributed by atoms with van der Waals surface area (Å²) < 4.78 is 13.2. The highest BCUT2D eigenvalue weighted by molar-refractivity contribution is 7.92. The number of hydrogen-bond donors (Lipinski definition) is 2. The molecule has 0 spiro atoms. The van der Waals surface area contributed by atoms with E-state index < -0.39 is 0 Å². The van der Waals surface area contributed by atoms with Gasteiger partial charge in [-0.15, -0.1) is 11.3 Å². The lowest BCUT2D eigenvalue weighted by Crippen LogP contribution is -2.15. The van der Waals surface area contributed by atoms with Crippen molar-refractivity contribution in [2.45, 2.75) is 31.7 Å². The summed E-state index contributed by atoms with van der Waals surface area (Å²) in [6, 6.07) is 4.12. The van der Waals surface area contributed by atoms with Crippen molar-refractivity contribution in [3.05, 3.63) is 35.0 Å². The fraction of sp³-hybridized carbons (Fsp3) is 0.400. The van der Waals surface area contributed by atoms with E-state index >= 15 is 0 Å². The number of nitrogens with two attached hydrogens (primary N) is 1. The van der Waals surface area contributed by atoms with E-state index in [0.717, 1.165) is 42.1 Å². The van der Waals surface area contributed by atoms with E-state index in [4.69, 9.17) is 14.1 Å². The fourth-order valence-electron chi connectivity index (χ4n) is 2.91. The van der Waals surface area contributed by atoms with Gasteiger partial charge >= 0.3 is 0 Å². The van der Waals surface area contributed by atoms with Crippen molar-refractivity contribution in [2.75, 3.05) is 11.9 Å². The molecule has 132 valence electrons. The van der Waals surface area contributed by atoms with Crippen molar-refractivity contribution in [1.29, 1.82) is 0 Å². The first-order chi connectivity index (χ1) is 12.3. The summed E-state index contributed by atoms with van der Waals surface area (Å²) in [5, 5.41) is 10.7. The summed E-state index contributed by atoms with van der Waals surface area (Å²) in [4.78, 5) is 14.5. The zero-order valence-corrected chi connectivity index (χ0v) is 15.0. The molecule has 8 nitrogen and oxygen atoms in total. The van der Waals surface area contributed by atoms with Crippen molar-refractivity contribution in [3.63, 3.8) is 0 Å². The van der Waals surface area contributed by atoms with Crippen LogP contribution in [-0.4, -0.2) is 32.2 Å². The Labute approximate surface area is 153 Å². The molecule has 1 aliphatic rings.